The second-order valence-corrected chi connectivity index (χ2v) is 9.82. The molecule has 8 bridgehead atoms. The Kier molecular flexibility index (Phi) is 6.52. The molecule has 0 saturated heterocycles. The van der Waals surface area contributed by atoms with Crippen LogP contribution in [0.5, 0.6) is 0 Å². The Balaban J connectivity index is 0.00000264. The number of H-pyrrole nitrogens is 2. The number of rotatable bonds is 2. The summed E-state index contributed by atoms with van der Waals surface area (Å²) in [6.07, 6.45) is 8.29. The van der Waals surface area contributed by atoms with Crippen LogP contribution in [0.15, 0.2) is 95.5 Å². The Hall–Kier alpha value is -3.86. The van der Waals surface area contributed by atoms with Crippen LogP contribution in [0.4, 0.5) is 0 Å². The van der Waals surface area contributed by atoms with E-state index in [0.29, 0.717) is 0 Å². The fraction of sp³-hybridized carbons (Fsp3) is 0. The third-order valence-corrected chi connectivity index (χ3v) is 7.47. The van der Waals surface area contributed by atoms with Crippen LogP contribution in [0.25, 0.3) is 68.6 Å². The molecule has 38 heavy (non-hydrogen) atoms. The third kappa shape index (κ3) is 4.40. The smallest absolute Gasteiger partial charge is 0.0801 e. The zero-order valence-electron chi connectivity index (χ0n) is 20.4. The van der Waals surface area contributed by atoms with Gasteiger partial charge < -0.3 is 9.97 Å². The summed E-state index contributed by atoms with van der Waals surface area (Å²) in [7, 11) is 0. The first-order chi connectivity index (χ1) is 18.2. The topological polar surface area (TPSA) is 57.4 Å². The van der Waals surface area contributed by atoms with E-state index in [1.54, 1.807) is 0 Å². The minimum Gasteiger partial charge on any atom is -0.355 e. The van der Waals surface area contributed by atoms with E-state index in [2.05, 4.69) is 129 Å². The predicted octanol–water partition coefficient (Wildman–Crippen LogP) is 8.75. The summed E-state index contributed by atoms with van der Waals surface area (Å²) < 4.78 is 0.911. The average Bonchev–Trinajstić information content (AvgIpc) is 3.74. The molecule has 0 saturated carbocycles. The van der Waals surface area contributed by atoms with Gasteiger partial charge in [-0.2, -0.15) is 0 Å². The van der Waals surface area contributed by atoms with Gasteiger partial charge in [0.25, 0.3) is 0 Å². The average molecular weight is 607 g/mol. The van der Waals surface area contributed by atoms with Gasteiger partial charge in [0.05, 0.1) is 32.8 Å². The number of nitrogens with one attached hydrogen (secondary N) is 2. The van der Waals surface area contributed by atoms with E-state index < -0.39 is 0 Å². The molecule has 6 heteroatoms. The largest absolute Gasteiger partial charge is 0.355 e. The quantitative estimate of drug-likeness (QED) is 0.193. The molecule has 2 aromatic carbocycles. The van der Waals surface area contributed by atoms with Gasteiger partial charge in [0, 0.05) is 47.2 Å². The Morgan fingerprint density at radius 3 is 1.79 bits per heavy atom. The van der Waals surface area contributed by atoms with E-state index >= 15 is 0 Å². The summed E-state index contributed by atoms with van der Waals surface area (Å²) in [6.45, 7) is 0. The number of hydrogen-bond acceptors (Lipinski definition) is 2. The van der Waals surface area contributed by atoms with Gasteiger partial charge in [0.2, 0.25) is 0 Å². The zero-order valence-corrected chi connectivity index (χ0v) is 25.0. The standard InChI is InChI=1S/C32H21BrN4.Zn/c33-32-28-17-15-26(36-28)30(20-7-3-1-4-8-20)24-13-11-22(34-24)19-23-12-14-25(35-23)31(21-9-5-2-6-10-21)27-16-18-29(32)37-27;/h1-19,34,37H;. The summed E-state index contributed by atoms with van der Waals surface area (Å²) >= 11 is 3.83. The van der Waals surface area contributed by atoms with Gasteiger partial charge >= 0.3 is 0 Å². The predicted molar refractivity (Wildman–Crippen MR) is 157 cm³/mol. The second-order valence-electron chi connectivity index (χ2n) is 9.02. The van der Waals surface area contributed by atoms with Crippen LogP contribution in [-0.2, 0) is 19.5 Å². The van der Waals surface area contributed by atoms with Gasteiger partial charge in [-0.05, 0) is 81.7 Å². The molecule has 5 heterocycles. The van der Waals surface area contributed by atoms with E-state index in [1.165, 1.54) is 0 Å². The van der Waals surface area contributed by atoms with Gasteiger partial charge in [0.1, 0.15) is 0 Å². The van der Waals surface area contributed by atoms with Crippen molar-refractivity contribution < 1.29 is 19.5 Å². The van der Waals surface area contributed by atoms with Crippen LogP contribution in [0.3, 0.4) is 0 Å². The summed E-state index contributed by atoms with van der Waals surface area (Å²) in [6, 6.07) is 31.2. The maximum atomic E-state index is 5.04. The molecule has 2 N–H and O–H groups in total. The number of hydrogen-bond donors (Lipinski definition) is 2. The summed E-state index contributed by atoms with van der Waals surface area (Å²) in [4.78, 5) is 17.2. The van der Waals surface area contributed by atoms with Crippen LogP contribution in [-0.4, -0.2) is 19.9 Å². The van der Waals surface area contributed by atoms with E-state index in [0.717, 1.165) is 71.6 Å². The van der Waals surface area contributed by atoms with Crippen LogP contribution < -0.4 is 0 Å². The molecule has 0 atom stereocenters. The number of aromatic nitrogens is 4. The molecular weight excluding hydrogens is 586 g/mol. The van der Waals surface area contributed by atoms with Crippen molar-refractivity contribution in [1.82, 2.24) is 19.9 Å². The van der Waals surface area contributed by atoms with Gasteiger partial charge in [-0.1, -0.05) is 60.7 Å². The Bertz CT molecular complexity index is 1850. The van der Waals surface area contributed by atoms with Gasteiger partial charge in [-0.15, -0.1) is 0 Å². The Labute approximate surface area is 241 Å². The number of halogens is 1. The molecule has 0 radical (unpaired) electrons. The van der Waals surface area contributed by atoms with Crippen molar-refractivity contribution in [2.75, 3.05) is 0 Å². The molecule has 178 valence electrons. The Morgan fingerprint density at radius 2 is 1.08 bits per heavy atom. The van der Waals surface area contributed by atoms with Crippen LogP contribution in [0, 0.1) is 0 Å². The molecule has 2 aliphatic rings. The first-order valence-electron chi connectivity index (χ1n) is 12.1. The molecule has 5 aromatic rings. The monoisotopic (exact) mass is 604 g/mol. The molecular formula is C32H21BrN4Zn. The maximum Gasteiger partial charge on any atom is 0.0801 e. The molecule has 4 nitrogen and oxygen atoms in total. The minimum atomic E-state index is 0. The van der Waals surface area contributed by atoms with Gasteiger partial charge in [0.15, 0.2) is 0 Å². The first kappa shape index (κ1) is 24.5. The molecule has 3 aromatic heterocycles. The van der Waals surface area contributed by atoms with Crippen molar-refractivity contribution in [3.63, 3.8) is 0 Å². The second kappa shape index (κ2) is 10.1. The van der Waals surface area contributed by atoms with Gasteiger partial charge in [-0.25, -0.2) is 9.97 Å². The number of aromatic amines is 2. The van der Waals surface area contributed by atoms with E-state index in [1.807, 2.05) is 12.1 Å². The SMILES string of the molecule is Brc1c2nc(c(-c3ccccc3)c3ccc(cc4nc(c(-c5ccccc5)c5ccc1[nH]5)C=C4)[nH]3)C=C2.[Zn]. The normalized spacial score (nSPS) is 11.9. The van der Waals surface area contributed by atoms with Crippen molar-refractivity contribution in [3.05, 3.63) is 118 Å². The number of benzene rings is 2. The number of fused-ring (bicyclic) bond motifs is 8. The maximum absolute atomic E-state index is 5.04. The van der Waals surface area contributed by atoms with Crippen molar-refractivity contribution >= 4 is 62.3 Å². The van der Waals surface area contributed by atoms with Crippen LogP contribution in [0.2, 0.25) is 0 Å². The molecule has 0 amide bonds. The first-order valence-corrected chi connectivity index (χ1v) is 12.9. The molecule has 0 unspecified atom stereocenters. The third-order valence-electron chi connectivity index (χ3n) is 6.64. The molecule has 0 spiro atoms. The summed E-state index contributed by atoms with van der Waals surface area (Å²) in [5, 5.41) is 0. The molecule has 0 fully saturated rings. The van der Waals surface area contributed by atoms with E-state index in [4.69, 9.17) is 9.97 Å². The van der Waals surface area contributed by atoms with Crippen molar-refractivity contribution in [2.45, 2.75) is 0 Å². The fourth-order valence-electron chi connectivity index (χ4n) is 4.92. The molecule has 7 rings (SSSR count). The summed E-state index contributed by atoms with van der Waals surface area (Å²) in [5.41, 5.74) is 11.9. The van der Waals surface area contributed by atoms with Crippen molar-refractivity contribution in [2.24, 2.45) is 0 Å². The Morgan fingerprint density at radius 1 is 0.526 bits per heavy atom. The summed E-state index contributed by atoms with van der Waals surface area (Å²) in [5.74, 6) is 0. The number of nitrogens with zero attached hydrogens (tertiary/aromatic N) is 2. The molecule has 2 aliphatic heterocycles. The van der Waals surface area contributed by atoms with E-state index in [9.17, 15) is 0 Å². The van der Waals surface area contributed by atoms with Crippen LogP contribution >= 0.6 is 15.9 Å². The zero-order chi connectivity index (χ0) is 24.8. The fourth-order valence-corrected chi connectivity index (χ4v) is 5.37. The van der Waals surface area contributed by atoms with Gasteiger partial charge in [-0.3, -0.25) is 0 Å². The molecule has 0 aliphatic carbocycles. The van der Waals surface area contributed by atoms with Crippen molar-refractivity contribution in [3.8, 4) is 22.3 Å². The minimum absolute atomic E-state index is 0. The van der Waals surface area contributed by atoms with Crippen molar-refractivity contribution in [1.29, 1.82) is 0 Å². The van der Waals surface area contributed by atoms with Crippen LogP contribution in [0.1, 0.15) is 22.8 Å². The van der Waals surface area contributed by atoms with E-state index in [-0.39, 0.29) is 19.5 Å².